The Kier molecular flexibility index (Phi) is 5.34. The van der Waals surface area contributed by atoms with Crippen molar-refractivity contribution in [3.63, 3.8) is 0 Å². The Balaban J connectivity index is 1.59. The average Bonchev–Trinajstić information content (AvgIpc) is 3.12. The molecule has 30 heavy (non-hydrogen) atoms. The summed E-state index contributed by atoms with van der Waals surface area (Å²) >= 11 is 0. The Labute approximate surface area is 171 Å². The number of aromatic hydroxyl groups is 1. The molecule has 0 aliphatic heterocycles. The maximum atomic E-state index is 12.0. The van der Waals surface area contributed by atoms with Crippen molar-refractivity contribution in [2.45, 2.75) is 25.7 Å². The van der Waals surface area contributed by atoms with Gasteiger partial charge in [-0.2, -0.15) is 5.10 Å². The van der Waals surface area contributed by atoms with Gasteiger partial charge in [-0.25, -0.2) is 5.43 Å². The summed E-state index contributed by atoms with van der Waals surface area (Å²) in [7, 11) is 0. The minimum atomic E-state index is -0.681. The highest BCUT2D eigenvalue weighted by Gasteiger charge is 2.27. The van der Waals surface area contributed by atoms with Crippen molar-refractivity contribution < 1.29 is 24.0 Å². The molecule has 9 nitrogen and oxygen atoms in total. The minimum Gasteiger partial charge on any atom is -0.502 e. The molecule has 0 unspecified atom stereocenters. The second-order valence-corrected chi connectivity index (χ2v) is 6.89. The minimum absolute atomic E-state index is 0.148. The number of benzene rings is 2. The fourth-order valence-corrected chi connectivity index (χ4v) is 3.56. The molecule has 0 radical (unpaired) electrons. The van der Waals surface area contributed by atoms with Gasteiger partial charge in [-0.05, 0) is 31.4 Å². The molecular formula is C21H19N3O6. The van der Waals surface area contributed by atoms with E-state index in [1.54, 1.807) is 24.3 Å². The van der Waals surface area contributed by atoms with E-state index in [9.17, 15) is 20.0 Å². The van der Waals surface area contributed by atoms with Crippen molar-refractivity contribution in [1.82, 2.24) is 5.43 Å². The number of nitro groups is 1. The molecule has 4 rings (SSSR count). The van der Waals surface area contributed by atoms with Gasteiger partial charge in [0.15, 0.2) is 6.61 Å². The lowest BCUT2D eigenvalue weighted by Gasteiger charge is -2.10. The molecule has 0 spiro atoms. The maximum absolute atomic E-state index is 12.0. The summed E-state index contributed by atoms with van der Waals surface area (Å²) in [6.45, 7) is -0.251. The van der Waals surface area contributed by atoms with Crippen LogP contribution in [0, 0.1) is 10.1 Å². The molecular weight excluding hydrogens is 390 g/mol. The SMILES string of the molecule is O=C(COc1ccccc1)N/N=C/c1c(O)c([N+](=O)[O-])cc2oc3c(c12)CCCC3. The van der Waals surface area contributed by atoms with Crippen molar-refractivity contribution in [3.05, 3.63) is 63.4 Å². The fraction of sp³-hybridized carbons (Fsp3) is 0.238. The first-order valence-electron chi connectivity index (χ1n) is 9.49. The molecule has 0 atom stereocenters. The lowest BCUT2D eigenvalue weighted by molar-refractivity contribution is -0.385. The number of carbonyl (C=O) groups excluding carboxylic acids is 1. The summed E-state index contributed by atoms with van der Waals surface area (Å²) < 4.78 is 11.1. The number of nitrogens with zero attached hydrogens (tertiary/aromatic N) is 2. The van der Waals surface area contributed by atoms with Gasteiger partial charge in [0.1, 0.15) is 17.1 Å². The highest BCUT2D eigenvalue weighted by Crippen LogP contribution is 2.41. The van der Waals surface area contributed by atoms with Crippen molar-refractivity contribution in [2.24, 2.45) is 5.10 Å². The van der Waals surface area contributed by atoms with E-state index in [-0.39, 0.29) is 12.2 Å². The number of amides is 1. The molecule has 0 fully saturated rings. The lowest BCUT2D eigenvalue weighted by atomic mass is 9.93. The monoisotopic (exact) mass is 409 g/mol. The van der Waals surface area contributed by atoms with Gasteiger partial charge in [-0.15, -0.1) is 0 Å². The first-order valence-corrected chi connectivity index (χ1v) is 9.49. The van der Waals surface area contributed by atoms with Crippen LogP contribution in [0.25, 0.3) is 11.0 Å². The third-order valence-corrected chi connectivity index (χ3v) is 4.93. The normalized spacial score (nSPS) is 13.3. The van der Waals surface area contributed by atoms with Crippen LogP contribution in [-0.4, -0.2) is 28.8 Å². The summed E-state index contributed by atoms with van der Waals surface area (Å²) in [5, 5.41) is 26.3. The zero-order chi connectivity index (χ0) is 21.1. The Bertz CT molecular complexity index is 1140. The molecule has 0 bridgehead atoms. The summed E-state index contributed by atoms with van der Waals surface area (Å²) in [5.74, 6) is 0.288. The molecule has 3 aromatic rings. The number of ether oxygens (including phenoxy) is 1. The Morgan fingerprint density at radius 2 is 2.07 bits per heavy atom. The highest BCUT2D eigenvalue weighted by molar-refractivity contribution is 6.05. The van der Waals surface area contributed by atoms with Crippen LogP contribution in [0.4, 0.5) is 5.69 Å². The zero-order valence-corrected chi connectivity index (χ0v) is 16.0. The molecule has 2 aromatic carbocycles. The summed E-state index contributed by atoms with van der Waals surface area (Å²) in [6, 6.07) is 10.1. The third kappa shape index (κ3) is 3.82. The number of nitro benzene ring substituents is 1. The zero-order valence-electron chi connectivity index (χ0n) is 16.0. The molecule has 1 heterocycles. The van der Waals surface area contributed by atoms with E-state index in [0.717, 1.165) is 37.0 Å². The molecule has 0 saturated heterocycles. The van der Waals surface area contributed by atoms with E-state index in [1.807, 2.05) is 6.07 Å². The number of aryl methyl sites for hydroxylation is 2. The van der Waals surface area contributed by atoms with Crippen LogP contribution >= 0.6 is 0 Å². The Hall–Kier alpha value is -3.88. The Morgan fingerprint density at radius 1 is 1.30 bits per heavy atom. The molecule has 2 N–H and O–H groups in total. The smallest absolute Gasteiger partial charge is 0.315 e. The molecule has 1 amide bonds. The molecule has 9 heteroatoms. The molecule has 1 aliphatic carbocycles. The number of hydrogen-bond donors (Lipinski definition) is 2. The topological polar surface area (TPSA) is 127 Å². The van der Waals surface area contributed by atoms with Crippen molar-refractivity contribution in [3.8, 4) is 11.5 Å². The van der Waals surface area contributed by atoms with Crippen LogP contribution in [0.3, 0.4) is 0 Å². The van der Waals surface area contributed by atoms with Gasteiger partial charge in [0.2, 0.25) is 5.75 Å². The van der Waals surface area contributed by atoms with Gasteiger partial charge < -0.3 is 14.3 Å². The van der Waals surface area contributed by atoms with E-state index < -0.39 is 22.3 Å². The molecule has 1 aliphatic rings. The number of rotatable bonds is 6. The average molecular weight is 409 g/mol. The third-order valence-electron chi connectivity index (χ3n) is 4.93. The number of para-hydroxylation sites is 1. The summed E-state index contributed by atoms with van der Waals surface area (Å²) in [4.78, 5) is 22.6. The van der Waals surface area contributed by atoms with Crippen LogP contribution in [0.2, 0.25) is 0 Å². The van der Waals surface area contributed by atoms with E-state index in [0.29, 0.717) is 16.7 Å². The first-order chi connectivity index (χ1) is 14.5. The van der Waals surface area contributed by atoms with E-state index in [4.69, 9.17) is 9.15 Å². The number of carbonyl (C=O) groups is 1. The van der Waals surface area contributed by atoms with Gasteiger partial charge in [0, 0.05) is 17.4 Å². The number of furan rings is 1. The van der Waals surface area contributed by atoms with Crippen LogP contribution in [0.1, 0.15) is 29.7 Å². The number of phenols is 1. The molecule has 1 aromatic heterocycles. The number of nitrogens with one attached hydrogen (secondary N) is 1. The Morgan fingerprint density at radius 3 is 2.83 bits per heavy atom. The van der Waals surface area contributed by atoms with Gasteiger partial charge in [0.05, 0.1) is 22.8 Å². The summed E-state index contributed by atoms with van der Waals surface area (Å²) in [6.07, 6.45) is 4.63. The second-order valence-electron chi connectivity index (χ2n) is 6.89. The van der Waals surface area contributed by atoms with Crippen LogP contribution in [-0.2, 0) is 17.6 Å². The van der Waals surface area contributed by atoms with Gasteiger partial charge in [-0.1, -0.05) is 18.2 Å². The molecule has 154 valence electrons. The predicted molar refractivity (Wildman–Crippen MR) is 109 cm³/mol. The quantitative estimate of drug-likeness (QED) is 0.365. The maximum Gasteiger partial charge on any atom is 0.315 e. The number of hydrogen-bond acceptors (Lipinski definition) is 7. The van der Waals surface area contributed by atoms with Gasteiger partial charge in [-0.3, -0.25) is 14.9 Å². The van der Waals surface area contributed by atoms with Crippen LogP contribution in [0.5, 0.6) is 11.5 Å². The first kappa shape index (κ1) is 19.4. The number of phenolic OH excluding ortho intramolecular Hbond substituents is 1. The second kappa shape index (κ2) is 8.24. The summed E-state index contributed by atoms with van der Waals surface area (Å²) in [5.41, 5.74) is 3.22. The fourth-order valence-electron chi connectivity index (χ4n) is 3.56. The van der Waals surface area contributed by atoms with E-state index in [1.165, 1.54) is 12.3 Å². The predicted octanol–water partition coefficient (Wildman–Crippen LogP) is 3.45. The lowest BCUT2D eigenvalue weighted by Crippen LogP contribution is -2.24. The van der Waals surface area contributed by atoms with Crippen molar-refractivity contribution in [2.75, 3.05) is 6.61 Å². The molecule has 0 saturated carbocycles. The van der Waals surface area contributed by atoms with Gasteiger partial charge >= 0.3 is 5.69 Å². The van der Waals surface area contributed by atoms with Crippen LogP contribution < -0.4 is 10.2 Å². The largest absolute Gasteiger partial charge is 0.502 e. The van der Waals surface area contributed by atoms with Crippen LogP contribution in [0.15, 0.2) is 45.9 Å². The van der Waals surface area contributed by atoms with E-state index in [2.05, 4.69) is 10.5 Å². The standard InChI is InChI=1S/C21H19N3O6/c25-19(12-29-13-6-2-1-3-7-13)23-22-11-15-20-14-8-4-5-9-17(14)30-18(20)10-16(21(15)26)24(27)28/h1-3,6-7,10-11,26H,4-5,8-9,12H2,(H,23,25)/b22-11+. The van der Waals surface area contributed by atoms with Gasteiger partial charge in [0.25, 0.3) is 5.91 Å². The highest BCUT2D eigenvalue weighted by atomic mass is 16.6. The van der Waals surface area contributed by atoms with Crippen molar-refractivity contribution >= 4 is 28.8 Å². The van der Waals surface area contributed by atoms with Crippen molar-refractivity contribution in [1.29, 1.82) is 0 Å². The van der Waals surface area contributed by atoms with E-state index >= 15 is 0 Å². The number of hydrazone groups is 1. The number of fused-ring (bicyclic) bond motifs is 3.